The third-order valence-corrected chi connectivity index (χ3v) is 10.2. The molecular weight excluding hydrogens is 636 g/mol. The summed E-state index contributed by atoms with van der Waals surface area (Å²) in [6, 6.07) is 10.7. The van der Waals surface area contributed by atoms with E-state index in [9.17, 15) is 9.32 Å². The van der Waals surface area contributed by atoms with Crippen LogP contribution in [0, 0.1) is 0 Å². The van der Waals surface area contributed by atoms with Gasteiger partial charge in [-0.05, 0) is 18.0 Å². The second kappa shape index (κ2) is 12.6. The highest BCUT2D eigenvalue weighted by molar-refractivity contribution is 8.00. The lowest BCUT2D eigenvalue weighted by Gasteiger charge is -2.19. The number of nitrogens with zero attached hydrogens (tertiary/aromatic N) is 5. The zero-order valence-electron chi connectivity index (χ0n) is 25.6. The Morgan fingerprint density at radius 2 is 1.80 bits per heavy atom. The summed E-state index contributed by atoms with van der Waals surface area (Å²) in [6.45, 7) is 8.19. The minimum Gasteiger partial charge on any atom is -0.456 e. The number of rotatable bonds is 11. The van der Waals surface area contributed by atoms with E-state index in [-0.39, 0.29) is 26.0 Å². The van der Waals surface area contributed by atoms with Crippen molar-refractivity contribution in [2.75, 3.05) is 30.8 Å². The number of aliphatic hydroxyl groups excluding tert-OH is 1. The number of halogens is 1. The molecule has 4 aromatic rings. The fourth-order valence-electron chi connectivity index (χ4n) is 5.18. The summed E-state index contributed by atoms with van der Waals surface area (Å²) in [5.74, 6) is 4.10. The van der Waals surface area contributed by atoms with Crippen LogP contribution in [0.5, 0.6) is 6.01 Å². The van der Waals surface area contributed by atoms with E-state index in [4.69, 9.17) is 40.5 Å². The van der Waals surface area contributed by atoms with E-state index in [2.05, 4.69) is 40.2 Å². The highest BCUT2D eigenvalue weighted by Crippen LogP contribution is 2.34. The van der Waals surface area contributed by atoms with Crippen LogP contribution >= 0.6 is 11.6 Å². The van der Waals surface area contributed by atoms with Gasteiger partial charge >= 0.3 is 6.01 Å². The molecule has 0 bridgehead atoms. The summed E-state index contributed by atoms with van der Waals surface area (Å²) in [7, 11) is -3.72. The van der Waals surface area contributed by atoms with Crippen LogP contribution in [0.25, 0.3) is 33.8 Å². The predicted molar refractivity (Wildman–Crippen MR) is 178 cm³/mol. The zero-order valence-corrected chi connectivity index (χ0v) is 28.2. The number of fused-ring (bicyclic) bond motifs is 2. The average Bonchev–Trinajstić information content (AvgIpc) is 3.65. The van der Waals surface area contributed by atoms with Gasteiger partial charge in [0, 0.05) is 41.8 Å². The summed E-state index contributed by atoms with van der Waals surface area (Å²) < 4.78 is 40.5. The molecule has 45 heavy (non-hydrogen) atoms. The fraction of sp³-hybridized carbons (Fsp3) is 0.433. The van der Waals surface area contributed by atoms with Crippen molar-refractivity contribution in [2.24, 2.45) is 0 Å². The highest BCUT2D eigenvalue weighted by atomic mass is 35.5. The van der Waals surface area contributed by atoms with Crippen molar-refractivity contribution < 1.29 is 28.3 Å². The zero-order chi connectivity index (χ0) is 31.9. The van der Waals surface area contributed by atoms with Crippen molar-refractivity contribution in [2.45, 2.75) is 56.8 Å². The van der Waals surface area contributed by atoms with E-state index in [1.165, 1.54) is 6.26 Å². The van der Waals surface area contributed by atoms with Gasteiger partial charge < -0.3 is 28.8 Å². The molecule has 0 spiro atoms. The van der Waals surface area contributed by atoms with E-state index >= 15 is 0 Å². The first-order valence-electron chi connectivity index (χ1n) is 14.6. The van der Waals surface area contributed by atoms with Crippen molar-refractivity contribution in [3.8, 4) is 28.7 Å². The first kappa shape index (κ1) is 31.9. The van der Waals surface area contributed by atoms with Crippen LogP contribution in [0.4, 0.5) is 5.69 Å². The first-order chi connectivity index (χ1) is 21.3. The Morgan fingerprint density at radius 3 is 2.49 bits per heavy atom. The second-order valence-corrected chi connectivity index (χ2v) is 20.9. The van der Waals surface area contributed by atoms with E-state index in [1.807, 2.05) is 24.3 Å². The second-order valence-electron chi connectivity index (χ2n) is 12.6. The third kappa shape index (κ3) is 7.32. The first-order valence-corrected chi connectivity index (χ1v) is 20.8. The molecule has 2 saturated heterocycles. The third-order valence-electron chi connectivity index (χ3n) is 7.50. The topological polar surface area (TPSA) is 143 Å². The Balaban J connectivity index is 1.28. The fourth-order valence-corrected chi connectivity index (χ4v) is 6.80. The van der Waals surface area contributed by atoms with Crippen molar-refractivity contribution in [3.63, 3.8) is 0 Å². The van der Waals surface area contributed by atoms with E-state index in [0.717, 1.165) is 17.2 Å². The van der Waals surface area contributed by atoms with Crippen molar-refractivity contribution in [1.82, 2.24) is 24.5 Å². The molecule has 2 fully saturated rings. The predicted octanol–water partition coefficient (Wildman–Crippen LogP) is 4.10. The van der Waals surface area contributed by atoms with Gasteiger partial charge in [0.15, 0.2) is 17.6 Å². The summed E-state index contributed by atoms with van der Waals surface area (Å²) in [4.78, 5) is 18.4. The standard InChI is InChI=1S/C30H37ClN6O6SSi/c1-44(2,39)36-20-13-32-28(33-14-20)19-8-6-18(7-9-19)25-21(31)12-22-29(35-25)37(17-40-10-11-45(3,4)5)30(34-22)43-24-16-42-26-23(38)15-41-27(24)26/h6-9,12-14,23-24,26-27,38H,1,10-11,15-17H2,2-5H3,(H,36,39). The largest absolute Gasteiger partial charge is 0.456 e. The van der Waals surface area contributed by atoms with Crippen LogP contribution in [-0.4, -0.2) is 98.3 Å². The van der Waals surface area contributed by atoms with Crippen molar-refractivity contribution in [3.05, 3.63) is 47.7 Å². The number of benzene rings is 1. The number of anilines is 1. The molecule has 12 nitrogen and oxygen atoms in total. The Labute approximate surface area is 268 Å². The molecule has 5 unspecified atom stereocenters. The van der Waals surface area contributed by atoms with Crippen LogP contribution in [0.2, 0.25) is 30.7 Å². The molecule has 2 N–H and O–H groups in total. The molecular formula is C30H37ClN6O6SSi. The Kier molecular flexibility index (Phi) is 8.91. The molecule has 2 aliphatic heterocycles. The minimum atomic E-state index is -2.43. The van der Waals surface area contributed by atoms with Crippen molar-refractivity contribution in [1.29, 1.82) is 0 Å². The maximum atomic E-state index is 11.9. The van der Waals surface area contributed by atoms with Crippen LogP contribution < -0.4 is 9.46 Å². The van der Waals surface area contributed by atoms with E-state index in [1.54, 1.807) is 23.0 Å². The van der Waals surface area contributed by atoms with Gasteiger partial charge in [-0.25, -0.2) is 19.2 Å². The lowest BCUT2D eigenvalue weighted by molar-refractivity contribution is 0.00336. The van der Waals surface area contributed by atoms with Gasteiger partial charge in [0.1, 0.15) is 30.6 Å². The Hall–Kier alpha value is -3.11. The normalized spacial score (nSPS) is 22.8. The Bertz CT molecular complexity index is 1780. The van der Waals surface area contributed by atoms with Gasteiger partial charge in [0.25, 0.3) is 0 Å². The monoisotopic (exact) mass is 672 g/mol. The summed E-state index contributed by atoms with van der Waals surface area (Å²) in [5, 5.41) is 10.6. The van der Waals surface area contributed by atoms with Crippen LogP contribution in [0.3, 0.4) is 0 Å². The number of imidazole rings is 1. The molecule has 0 radical (unpaired) electrons. The Morgan fingerprint density at radius 1 is 1.11 bits per heavy atom. The molecule has 0 amide bonds. The summed E-state index contributed by atoms with van der Waals surface area (Å²) >= 11 is 6.76. The molecule has 240 valence electrons. The average molecular weight is 673 g/mol. The molecule has 0 saturated carbocycles. The summed E-state index contributed by atoms with van der Waals surface area (Å²) in [6.07, 6.45) is 2.72. The molecule has 5 atom stereocenters. The van der Waals surface area contributed by atoms with Gasteiger partial charge in [0.2, 0.25) is 0 Å². The van der Waals surface area contributed by atoms with E-state index in [0.29, 0.717) is 46.0 Å². The van der Waals surface area contributed by atoms with Gasteiger partial charge in [-0.15, -0.1) is 0 Å². The quantitative estimate of drug-likeness (QED) is 0.136. The molecule has 5 heterocycles. The van der Waals surface area contributed by atoms with Crippen molar-refractivity contribution >= 4 is 52.1 Å². The molecule has 0 aliphatic carbocycles. The maximum Gasteiger partial charge on any atom is 0.301 e. The maximum absolute atomic E-state index is 11.9. The SMILES string of the molecule is C=S(C)(=O)Nc1cnc(-c2ccc(-c3nc4c(cc3Cl)nc(OC3COC5C(O)COC35)n4COCC[Si](C)(C)C)cc2)nc1. The number of aromatic nitrogens is 5. The molecule has 2 aliphatic rings. The van der Waals surface area contributed by atoms with Crippen LogP contribution in [-0.2, 0) is 30.6 Å². The minimum absolute atomic E-state index is 0.192. The van der Waals surface area contributed by atoms with Crippen LogP contribution in [0.1, 0.15) is 0 Å². The van der Waals surface area contributed by atoms with Gasteiger partial charge in [-0.2, -0.15) is 4.98 Å². The number of nitrogens with one attached hydrogen (secondary N) is 1. The van der Waals surface area contributed by atoms with E-state index < -0.39 is 36.1 Å². The summed E-state index contributed by atoms with van der Waals surface area (Å²) in [5.41, 5.74) is 3.82. The number of hydrogen-bond acceptors (Lipinski definition) is 10. The van der Waals surface area contributed by atoms with Gasteiger partial charge in [-0.3, -0.25) is 4.57 Å². The van der Waals surface area contributed by atoms with Gasteiger partial charge in [0.05, 0.1) is 42.0 Å². The smallest absolute Gasteiger partial charge is 0.301 e. The van der Waals surface area contributed by atoms with Gasteiger partial charge in [-0.1, -0.05) is 55.5 Å². The number of hydrogen-bond donors (Lipinski definition) is 2. The number of pyridine rings is 1. The molecule has 6 rings (SSSR count). The molecule has 3 aromatic heterocycles. The lowest BCUT2D eigenvalue weighted by Crippen LogP contribution is -2.35. The highest BCUT2D eigenvalue weighted by Gasteiger charge is 2.49. The number of ether oxygens (including phenoxy) is 4. The lowest BCUT2D eigenvalue weighted by atomic mass is 10.1. The number of aliphatic hydroxyl groups is 1. The molecule has 1 aromatic carbocycles. The van der Waals surface area contributed by atoms with Crippen LogP contribution in [0.15, 0.2) is 42.7 Å². The molecule has 15 heteroatoms.